The molecule has 0 bridgehead atoms. The molecular formula is C12H9F3N6. The number of hydrogen-bond donors (Lipinski definition) is 1. The highest BCUT2D eigenvalue weighted by molar-refractivity contribution is 5.44. The van der Waals surface area contributed by atoms with Crippen LogP contribution >= 0.6 is 0 Å². The Bertz CT molecular complexity index is 767. The summed E-state index contributed by atoms with van der Waals surface area (Å²) < 4.78 is 39.3. The average Bonchev–Trinajstić information content (AvgIpc) is 2.93. The molecule has 0 amide bonds. The Morgan fingerprint density at radius 2 is 2.05 bits per heavy atom. The molecule has 0 aliphatic rings. The minimum atomic E-state index is -4.35. The van der Waals surface area contributed by atoms with Gasteiger partial charge in [0.05, 0.1) is 18.0 Å². The number of aromatic nitrogens is 5. The summed E-state index contributed by atoms with van der Waals surface area (Å²) in [5, 5.41) is 13.9. The summed E-state index contributed by atoms with van der Waals surface area (Å²) in [4.78, 5) is 3.95. The van der Waals surface area contributed by atoms with Crippen molar-refractivity contribution in [1.29, 1.82) is 0 Å². The molecule has 3 aromatic rings. The summed E-state index contributed by atoms with van der Waals surface area (Å²) in [6.45, 7) is 0.199. The highest BCUT2D eigenvalue weighted by atomic mass is 19.4. The van der Waals surface area contributed by atoms with Crippen LogP contribution in [0.5, 0.6) is 0 Å². The van der Waals surface area contributed by atoms with Gasteiger partial charge in [0.15, 0.2) is 11.5 Å². The molecule has 2 aromatic heterocycles. The van der Waals surface area contributed by atoms with Gasteiger partial charge in [-0.2, -0.15) is 17.7 Å². The van der Waals surface area contributed by atoms with Crippen molar-refractivity contribution < 1.29 is 13.2 Å². The SMILES string of the molecule is FC(F)(F)c1cccc(CNc2cncc3nnnn23)c1. The van der Waals surface area contributed by atoms with Crippen molar-refractivity contribution in [2.75, 3.05) is 5.32 Å². The van der Waals surface area contributed by atoms with Gasteiger partial charge in [0, 0.05) is 6.54 Å². The summed E-state index contributed by atoms with van der Waals surface area (Å²) in [6, 6.07) is 5.11. The van der Waals surface area contributed by atoms with Crippen LogP contribution in [0.25, 0.3) is 5.65 Å². The Hall–Kier alpha value is -2.71. The number of tetrazole rings is 1. The number of halogens is 3. The molecule has 1 N–H and O–H groups in total. The first kappa shape index (κ1) is 13.3. The first-order valence-electron chi connectivity index (χ1n) is 5.96. The Balaban J connectivity index is 1.80. The molecule has 2 heterocycles. The van der Waals surface area contributed by atoms with Crippen molar-refractivity contribution in [1.82, 2.24) is 25.0 Å². The topological polar surface area (TPSA) is 68.0 Å². The van der Waals surface area contributed by atoms with Gasteiger partial charge in [-0.15, -0.1) is 5.10 Å². The van der Waals surface area contributed by atoms with Gasteiger partial charge in [0.1, 0.15) is 0 Å². The van der Waals surface area contributed by atoms with Crippen LogP contribution in [0.1, 0.15) is 11.1 Å². The fourth-order valence-electron chi connectivity index (χ4n) is 1.85. The number of nitrogens with zero attached hydrogens (tertiary/aromatic N) is 5. The first-order valence-corrected chi connectivity index (χ1v) is 5.96. The molecule has 108 valence electrons. The maximum Gasteiger partial charge on any atom is 0.416 e. The number of benzene rings is 1. The third kappa shape index (κ3) is 2.76. The van der Waals surface area contributed by atoms with Gasteiger partial charge < -0.3 is 5.32 Å². The number of alkyl halides is 3. The molecule has 0 saturated carbocycles. The zero-order valence-corrected chi connectivity index (χ0v) is 10.5. The van der Waals surface area contributed by atoms with E-state index in [1.807, 2.05) is 0 Å². The van der Waals surface area contributed by atoms with E-state index in [4.69, 9.17) is 0 Å². The number of hydrogen-bond acceptors (Lipinski definition) is 5. The molecule has 0 aliphatic heterocycles. The van der Waals surface area contributed by atoms with E-state index in [0.29, 0.717) is 17.0 Å². The average molecular weight is 294 g/mol. The highest BCUT2D eigenvalue weighted by Crippen LogP contribution is 2.29. The fraction of sp³-hybridized carbons (Fsp3) is 0.167. The molecule has 9 heteroatoms. The number of rotatable bonds is 3. The van der Waals surface area contributed by atoms with E-state index in [1.54, 1.807) is 6.07 Å². The molecule has 0 fully saturated rings. The molecule has 0 radical (unpaired) electrons. The number of fused-ring (bicyclic) bond motifs is 1. The third-order valence-electron chi connectivity index (χ3n) is 2.84. The standard InChI is InChI=1S/C12H9F3N6/c13-12(14,15)9-3-1-2-8(4-9)5-17-10-6-16-7-11-18-19-20-21(10)11/h1-4,6-7,17H,5H2. The third-order valence-corrected chi connectivity index (χ3v) is 2.84. The monoisotopic (exact) mass is 294 g/mol. The second-order valence-electron chi connectivity index (χ2n) is 4.29. The largest absolute Gasteiger partial charge is 0.416 e. The molecule has 0 atom stereocenters. The van der Waals surface area contributed by atoms with Crippen LogP contribution in [0.4, 0.5) is 19.0 Å². The zero-order valence-electron chi connectivity index (χ0n) is 10.5. The second-order valence-corrected chi connectivity index (χ2v) is 4.29. The predicted molar refractivity (Wildman–Crippen MR) is 67.3 cm³/mol. The van der Waals surface area contributed by atoms with E-state index in [-0.39, 0.29) is 6.54 Å². The lowest BCUT2D eigenvalue weighted by Crippen LogP contribution is -2.08. The van der Waals surface area contributed by atoms with Crippen molar-refractivity contribution in [3.05, 3.63) is 47.8 Å². The van der Waals surface area contributed by atoms with Crippen LogP contribution in [0.3, 0.4) is 0 Å². The quantitative estimate of drug-likeness (QED) is 0.801. The maximum atomic E-state index is 12.6. The normalized spacial score (nSPS) is 11.8. The molecule has 0 saturated heterocycles. The lowest BCUT2D eigenvalue weighted by Gasteiger charge is -2.10. The van der Waals surface area contributed by atoms with Crippen LogP contribution < -0.4 is 5.32 Å². The Labute approximate surface area is 116 Å². The van der Waals surface area contributed by atoms with Gasteiger partial charge in [0.25, 0.3) is 0 Å². The number of nitrogens with one attached hydrogen (secondary N) is 1. The smallest absolute Gasteiger partial charge is 0.365 e. The highest BCUT2D eigenvalue weighted by Gasteiger charge is 2.30. The van der Waals surface area contributed by atoms with Crippen LogP contribution in [0, 0.1) is 0 Å². The Morgan fingerprint density at radius 3 is 2.86 bits per heavy atom. The minimum Gasteiger partial charge on any atom is -0.365 e. The molecule has 21 heavy (non-hydrogen) atoms. The summed E-state index contributed by atoms with van der Waals surface area (Å²) in [5.74, 6) is 0.495. The first-order chi connectivity index (χ1) is 10.0. The molecule has 0 aliphatic carbocycles. The zero-order chi connectivity index (χ0) is 14.9. The number of anilines is 1. The molecular weight excluding hydrogens is 285 g/mol. The fourth-order valence-corrected chi connectivity index (χ4v) is 1.85. The lowest BCUT2D eigenvalue weighted by atomic mass is 10.1. The van der Waals surface area contributed by atoms with Crippen LogP contribution in [0.2, 0.25) is 0 Å². The van der Waals surface area contributed by atoms with Crippen LogP contribution in [-0.2, 0) is 12.7 Å². The van der Waals surface area contributed by atoms with Crippen LogP contribution in [0.15, 0.2) is 36.7 Å². The molecule has 0 unspecified atom stereocenters. The lowest BCUT2D eigenvalue weighted by molar-refractivity contribution is -0.137. The van der Waals surface area contributed by atoms with E-state index in [2.05, 4.69) is 25.8 Å². The molecule has 1 aromatic carbocycles. The molecule has 6 nitrogen and oxygen atoms in total. The van der Waals surface area contributed by atoms with E-state index in [9.17, 15) is 13.2 Å². The summed E-state index contributed by atoms with van der Waals surface area (Å²) in [6.07, 6.45) is -1.38. The van der Waals surface area contributed by atoms with Crippen molar-refractivity contribution in [3.8, 4) is 0 Å². The maximum absolute atomic E-state index is 12.6. The Morgan fingerprint density at radius 1 is 1.19 bits per heavy atom. The van der Waals surface area contributed by atoms with Crippen LogP contribution in [-0.4, -0.2) is 25.0 Å². The summed E-state index contributed by atoms with van der Waals surface area (Å²) >= 11 is 0. The van der Waals surface area contributed by atoms with E-state index >= 15 is 0 Å². The summed E-state index contributed by atoms with van der Waals surface area (Å²) in [5.41, 5.74) is 0.263. The van der Waals surface area contributed by atoms with Gasteiger partial charge in [0.2, 0.25) is 0 Å². The van der Waals surface area contributed by atoms with Gasteiger partial charge >= 0.3 is 6.18 Å². The van der Waals surface area contributed by atoms with E-state index in [1.165, 1.54) is 23.0 Å². The van der Waals surface area contributed by atoms with Crippen molar-refractivity contribution >= 4 is 11.5 Å². The van der Waals surface area contributed by atoms with Crippen molar-refractivity contribution in [2.24, 2.45) is 0 Å². The van der Waals surface area contributed by atoms with E-state index in [0.717, 1.165) is 12.1 Å². The van der Waals surface area contributed by atoms with Crippen molar-refractivity contribution in [3.63, 3.8) is 0 Å². The minimum absolute atomic E-state index is 0.199. The second kappa shape index (κ2) is 5.00. The molecule has 0 spiro atoms. The van der Waals surface area contributed by atoms with Gasteiger partial charge in [-0.05, 0) is 28.1 Å². The Kier molecular flexibility index (Phi) is 3.16. The molecule has 3 rings (SSSR count). The summed E-state index contributed by atoms with van der Waals surface area (Å²) in [7, 11) is 0. The van der Waals surface area contributed by atoms with Gasteiger partial charge in [-0.25, -0.2) is 0 Å². The predicted octanol–water partition coefficient (Wildman–Crippen LogP) is 2.15. The van der Waals surface area contributed by atoms with Gasteiger partial charge in [-0.3, -0.25) is 4.98 Å². The van der Waals surface area contributed by atoms with Crippen molar-refractivity contribution in [2.45, 2.75) is 12.7 Å². The van der Waals surface area contributed by atoms with E-state index < -0.39 is 11.7 Å². The van der Waals surface area contributed by atoms with Gasteiger partial charge in [-0.1, -0.05) is 12.1 Å².